The molecule has 1 aromatic rings. The van der Waals surface area contributed by atoms with Crippen LogP contribution in [0.4, 0.5) is 10.1 Å². The minimum Gasteiger partial charge on any atom is -0.326 e. The van der Waals surface area contributed by atoms with Crippen LogP contribution >= 0.6 is 0 Å². The number of amides is 1. The van der Waals surface area contributed by atoms with Crippen molar-refractivity contribution in [2.45, 2.75) is 53.0 Å². The summed E-state index contributed by atoms with van der Waals surface area (Å²) in [4.78, 5) is 11.4. The highest BCUT2D eigenvalue weighted by atomic mass is 19.1. The third kappa shape index (κ3) is 3.26. The second-order valence-corrected chi connectivity index (χ2v) is 6.41. The fourth-order valence-electron chi connectivity index (χ4n) is 2.86. The third-order valence-electron chi connectivity index (χ3n) is 4.53. The molecule has 0 bridgehead atoms. The highest BCUT2D eigenvalue weighted by Gasteiger charge is 2.31. The summed E-state index contributed by atoms with van der Waals surface area (Å²) >= 11 is 0. The van der Waals surface area contributed by atoms with Crippen LogP contribution in [0.1, 0.15) is 57.7 Å². The summed E-state index contributed by atoms with van der Waals surface area (Å²) in [5, 5.41) is 6.17. The summed E-state index contributed by atoms with van der Waals surface area (Å²) in [5.74, 6) is -0.282. The Morgan fingerprint density at radius 3 is 2.67 bits per heavy atom. The number of anilines is 1. The van der Waals surface area contributed by atoms with E-state index in [2.05, 4.69) is 31.4 Å². The number of aryl methyl sites for hydroxylation is 1. The first kappa shape index (κ1) is 16.0. The van der Waals surface area contributed by atoms with Crippen molar-refractivity contribution in [1.82, 2.24) is 5.32 Å². The zero-order valence-electron chi connectivity index (χ0n) is 13.3. The molecule has 1 aromatic carbocycles. The molecule has 1 aliphatic heterocycles. The first-order valence-corrected chi connectivity index (χ1v) is 7.74. The van der Waals surface area contributed by atoms with E-state index in [-0.39, 0.29) is 23.2 Å². The molecule has 116 valence electrons. The molecule has 0 aromatic heterocycles. The Labute approximate surface area is 126 Å². The zero-order valence-corrected chi connectivity index (χ0v) is 13.3. The molecule has 2 N–H and O–H groups in total. The van der Waals surface area contributed by atoms with E-state index in [4.69, 9.17) is 0 Å². The molecule has 21 heavy (non-hydrogen) atoms. The lowest BCUT2D eigenvalue weighted by molar-refractivity contribution is -0.116. The minimum absolute atomic E-state index is 0.0320. The van der Waals surface area contributed by atoms with Crippen molar-refractivity contribution in [2.75, 3.05) is 11.9 Å². The van der Waals surface area contributed by atoms with E-state index >= 15 is 0 Å². The van der Waals surface area contributed by atoms with Gasteiger partial charge in [0.25, 0.3) is 0 Å². The number of benzene rings is 1. The number of carbonyl (C=O) groups is 1. The lowest BCUT2D eigenvalue weighted by Gasteiger charge is -2.35. The third-order valence-corrected chi connectivity index (χ3v) is 4.53. The molecule has 3 nitrogen and oxygen atoms in total. The monoisotopic (exact) mass is 292 g/mol. The molecule has 0 radical (unpaired) electrons. The van der Waals surface area contributed by atoms with Crippen LogP contribution in [0.5, 0.6) is 0 Å². The standard InChI is InChI=1S/C17H25FN2O/c1-5-17(3,4)16(19-6-2)12-9-11-7-8-15(21)20-14(11)10-13(12)18/h9-10,16,19H,5-8H2,1-4H3,(H,20,21). The van der Waals surface area contributed by atoms with E-state index in [0.29, 0.717) is 24.1 Å². The number of fused-ring (bicyclic) bond motifs is 1. The predicted octanol–water partition coefficient (Wildman–Crippen LogP) is 3.80. The lowest BCUT2D eigenvalue weighted by atomic mass is 9.77. The van der Waals surface area contributed by atoms with Crippen LogP contribution in [0.15, 0.2) is 12.1 Å². The Morgan fingerprint density at radius 1 is 1.33 bits per heavy atom. The quantitative estimate of drug-likeness (QED) is 0.866. The first-order valence-electron chi connectivity index (χ1n) is 7.74. The molecule has 1 unspecified atom stereocenters. The molecule has 0 fully saturated rings. The Bertz CT molecular complexity index is 540. The number of halogens is 1. The van der Waals surface area contributed by atoms with Gasteiger partial charge in [-0.1, -0.05) is 27.7 Å². The second kappa shape index (κ2) is 6.14. The molecule has 0 saturated heterocycles. The number of rotatable bonds is 5. The molecule has 1 aliphatic rings. The largest absolute Gasteiger partial charge is 0.326 e. The van der Waals surface area contributed by atoms with Gasteiger partial charge in [-0.05, 0) is 42.5 Å². The van der Waals surface area contributed by atoms with Crippen molar-refractivity contribution >= 4 is 11.6 Å². The van der Waals surface area contributed by atoms with Gasteiger partial charge in [-0.25, -0.2) is 4.39 Å². The van der Waals surface area contributed by atoms with Gasteiger partial charge in [-0.15, -0.1) is 0 Å². The molecule has 1 heterocycles. The van der Waals surface area contributed by atoms with Gasteiger partial charge < -0.3 is 10.6 Å². The average Bonchev–Trinajstić information content (AvgIpc) is 2.44. The van der Waals surface area contributed by atoms with E-state index in [1.165, 1.54) is 6.07 Å². The molecule has 1 atom stereocenters. The summed E-state index contributed by atoms with van der Waals surface area (Å²) in [6, 6.07) is 3.36. The predicted molar refractivity (Wildman–Crippen MR) is 83.8 cm³/mol. The highest BCUT2D eigenvalue weighted by Crippen LogP contribution is 2.39. The fraction of sp³-hybridized carbons (Fsp3) is 0.588. The molecular weight excluding hydrogens is 267 g/mol. The first-order chi connectivity index (χ1) is 9.89. The molecule has 0 saturated carbocycles. The van der Waals surface area contributed by atoms with Crippen molar-refractivity contribution in [3.05, 3.63) is 29.1 Å². The van der Waals surface area contributed by atoms with Crippen LogP contribution in [0, 0.1) is 11.2 Å². The summed E-state index contributed by atoms with van der Waals surface area (Å²) < 4.78 is 14.6. The molecule has 2 rings (SSSR count). The van der Waals surface area contributed by atoms with Crippen LogP contribution in [-0.4, -0.2) is 12.5 Å². The van der Waals surface area contributed by atoms with Crippen molar-refractivity contribution in [3.8, 4) is 0 Å². The molecule has 0 aliphatic carbocycles. The van der Waals surface area contributed by atoms with Gasteiger partial charge >= 0.3 is 0 Å². The van der Waals surface area contributed by atoms with Crippen LogP contribution in [0.3, 0.4) is 0 Å². The van der Waals surface area contributed by atoms with Crippen molar-refractivity contribution in [3.63, 3.8) is 0 Å². The van der Waals surface area contributed by atoms with Gasteiger partial charge in [-0.3, -0.25) is 4.79 Å². The molecule has 0 spiro atoms. The average molecular weight is 292 g/mol. The van der Waals surface area contributed by atoms with Gasteiger partial charge in [0.2, 0.25) is 5.91 Å². The van der Waals surface area contributed by atoms with Gasteiger partial charge in [0.05, 0.1) is 0 Å². The van der Waals surface area contributed by atoms with Crippen LogP contribution < -0.4 is 10.6 Å². The number of carbonyl (C=O) groups excluding carboxylic acids is 1. The van der Waals surface area contributed by atoms with E-state index in [1.807, 2.05) is 13.0 Å². The number of hydrogen-bond acceptors (Lipinski definition) is 2. The van der Waals surface area contributed by atoms with E-state index in [1.54, 1.807) is 0 Å². The normalized spacial score (nSPS) is 16.3. The van der Waals surface area contributed by atoms with Crippen LogP contribution in [0.2, 0.25) is 0 Å². The maximum Gasteiger partial charge on any atom is 0.224 e. The number of nitrogens with one attached hydrogen (secondary N) is 2. The van der Waals surface area contributed by atoms with Crippen molar-refractivity contribution in [2.24, 2.45) is 5.41 Å². The molecular formula is C17H25FN2O. The topological polar surface area (TPSA) is 41.1 Å². The molecule has 1 amide bonds. The maximum atomic E-state index is 14.6. The number of hydrogen-bond donors (Lipinski definition) is 2. The highest BCUT2D eigenvalue weighted by molar-refractivity contribution is 5.93. The van der Waals surface area contributed by atoms with Gasteiger partial charge in [0.15, 0.2) is 0 Å². The SMILES string of the molecule is CCNC(c1cc2c(cc1F)NC(=O)CC2)C(C)(C)CC. The zero-order chi connectivity index (χ0) is 15.6. The fourth-order valence-corrected chi connectivity index (χ4v) is 2.86. The van der Waals surface area contributed by atoms with E-state index in [9.17, 15) is 9.18 Å². The summed E-state index contributed by atoms with van der Waals surface area (Å²) in [6.45, 7) is 9.26. The van der Waals surface area contributed by atoms with Gasteiger partial charge in [0, 0.05) is 23.7 Å². The van der Waals surface area contributed by atoms with Gasteiger partial charge in [0.1, 0.15) is 5.82 Å². The van der Waals surface area contributed by atoms with Crippen LogP contribution in [0.25, 0.3) is 0 Å². The van der Waals surface area contributed by atoms with E-state index in [0.717, 1.165) is 18.5 Å². The summed E-state index contributed by atoms with van der Waals surface area (Å²) in [5.41, 5.74) is 2.32. The van der Waals surface area contributed by atoms with Crippen molar-refractivity contribution < 1.29 is 9.18 Å². The second-order valence-electron chi connectivity index (χ2n) is 6.41. The maximum absolute atomic E-state index is 14.6. The molecule has 4 heteroatoms. The van der Waals surface area contributed by atoms with Crippen LogP contribution in [-0.2, 0) is 11.2 Å². The Kier molecular flexibility index (Phi) is 4.67. The summed E-state index contributed by atoms with van der Waals surface area (Å²) in [7, 11) is 0. The Morgan fingerprint density at radius 2 is 2.05 bits per heavy atom. The van der Waals surface area contributed by atoms with Gasteiger partial charge in [-0.2, -0.15) is 0 Å². The Hall–Kier alpha value is -1.42. The smallest absolute Gasteiger partial charge is 0.224 e. The lowest BCUT2D eigenvalue weighted by Crippen LogP contribution is -2.35. The van der Waals surface area contributed by atoms with E-state index < -0.39 is 0 Å². The summed E-state index contributed by atoms with van der Waals surface area (Å²) in [6.07, 6.45) is 2.11. The minimum atomic E-state index is -0.247. The Balaban J connectivity index is 2.44. The van der Waals surface area contributed by atoms with Crippen molar-refractivity contribution in [1.29, 1.82) is 0 Å².